The summed E-state index contributed by atoms with van der Waals surface area (Å²) in [4.78, 5) is 11.5. The second-order valence-corrected chi connectivity index (χ2v) is 4.06. The molecule has 1 unspecified atom stereocenters. The molecule has 0 amide bonds. The van der Waals surface area contributed by atoms with Crippen molar-refractivity contribution in [3.63, 3.8) is 0 Å². The Bertz CT molecular complexity index is 456. The van der Waals surface area contributed by atoms with E-state index in [1.165, 1.54) is 0 Å². The average Bonchev–Trinajstić information content (AvgIpc) is 2.55. The van der Waals surface area contributed by atoms with Crippen LogP contribution in [0, 0.1) is 29.1 Å². The molecule has 2 heteroatoms. The lowest BCUT2D eigenvalue weighted by Crippen LogP contribution is -2.12. The van der Waals surface area contributed by atoms with Crippen LogP contribution in [-0.4, -0.2) is 5.78 Å². The minimum absolute atomic E-state index is 0.00294. The van der Waals surface area contributed by atoms with Crippen LogP contribution in [0.25, 0.3) is 0 Å². The predicted octanol–water partition coefficient (Wildman–Crippen LogP) is 2.14. The summed E-state index contributed by atoms with van der Waals surface area (Å²) in [5, 5.41) is 8.90. The number of hydrogen-bond acceptors (Lipinski definition) is 2. The Balaban J connectivity index is 2.56. The fourth-order valence-electron chi connectivity index (χ4n) is 2.37. The lowest BCUT2D eigenvalue weighted by Gasteiger charge is -2.19. The molecule has 0 spiro atoms. The SMILES string of the molecule is C#CC12C=C(C#N)CC(=O)C=C1CCC2. The minimum Gasteiger partial charge on any atom is -0.294 e. The smallest absolute Gasteiger partial charge is 0.160 e. The summed E-state index contributed by atoms with van der Waals surface area (Å²) in [5.74, 6) is 2.75. The second-order valence-electron chi connectivity index (χ2n) is 4.06. The summed E-state index contributed by atoms with van der Waals surface area (Å²) >= 11 is 0. The topological polar surface area (TPSA) is 40.9 Å². The molecule has 0 heterocycles. The summed E-state index contributed by atoms with van der Waals surface area (Å²) in [5.41, 5.74) is 1.07. The monoisotopic (exact) mass is 197 g/mol. The Morgan fingerprint density at radius 3 is 3.00 bits per heavy atom. The van der Waals surface area contributed by atoms with Gasteiger partial charge in [-0.2, -0.15) is 5.26 Å². The Kier molecular flexibility index (Phi) is 2.21. The van der Waals surface area contributed by atoms with Crippen LogP contribution in [0.2, 0.25) is 0 Å². The summed E-state index contributed by atoms with van der Waals surface area (Å²) in [7, 11) is 0. The highest BCUT2D eigenvalue weighted by atomic mass is 16.1. The van der Waals surface area contributed by atoms with Crippen LogP contribution < -0.4 is 0 Å². The first kappa shape index (κ1) is 9.74. The molecule has 1 atom stereocenters. The zero-order chi connectivity index (χ0) is 10.9. The van der Waals surface area contributed by atoms with E-state index in [-0.39, 0.29) is 12.2 Å². The highest BCUT2D eigenvalue weighted by Gasteiger charge is 2.37. The molecule has 15 heavy (non-hydrogen) atoms. The molecule has 0 aliphatic heterocycles. The molecule has 0 aromatic heterocycles. The van der Waals surface area contributed by atoms with Crippen LogP contribution >= 0.6 is 0 Å². The van der Waals surface area contributed by atoms with Crippen molar-refractivity contribution in [2.24, 2.45) is 5.41 Å². The van der Waals surface area contributed by atoms with E-state index in [1.807, 2.05) is 6.08 Å². The normalized spacial score (nSPS) is 29.3. The Labute approximate surface area is 89.3 Å². The van der Waals surface area contributed by atoms with Crippen molar-refractivity contribution in [3.8, 4) is 18.4 Å². The van der Waals surface area contributed by atoms with Gasteiger partial charge in [0, 0.05) is 12.0 Å². The van der Waals surface area contributed by atoms with Crippen LogP contribution in [0.5, 0.6) is 0 Å². The van der Waals surface area contributed by atoms with Gasteiger partial charge >= 0.3 is 0 Å². The van der Waals surface area contributed by atoms with E-state index in [0.29, 0.717) is 5.57 Å². The molecular weight excluding hydrogens is 186 g/mol. The summed E-state index contributed by atoms with van der Waals surface area (Å²) in [6, 6.07) is 2.06. The molecule has 2 aliphatic rings. The minimum atomic E-state index is -0.447. The number of carbonyl (C=O) groups excluding carboxylic acids is 1. The summed E-state index contributed by atoms with van der Waals surface area (Å²) in [6.07, 6.45) is 11.9. The molecular formula is C13H11NO. The number of rotatable bonds is 0. The molecule has 2 nitrogen and oxygen atoms in total. The number of allylic oxidation sites excluding steroid dienone is 4. The molecule has 0 saturated heterocycles. The van der Waals surface area contributed by atoms with Crippen molar-refractivity contribution in [3.05, 3.63) is 23.3 Å². The number of nitriles is 1. The van der Waals surface area contributed by atoms with E-state index in [1.54, 1.807) is 6.08 Å². The Hall–Kier alpha value is -1.80. The third kappa shape index (κ3) is 1.49. The number of terminal acetylenes is 1. The molecule has 1 fully saturated rings. The molecule has 0 aromatic rings. The van der Waals surface area contributed by atoms with Gasteiger partial charge in [-0.25, -0.2) is 0 Å². The lowest BCUT2D eigenvalue weighted by atomic mass is 9.82. The van der Waals surface area contributed by atoms with Crippen molar-refractivity contribution < 1.29 is 4.79 Å². The maximum absolute atomic E-state index is 11.5. The van der Waals surface area contributed by atoms with Crippen molar-refractivity contribution in [1.82, 2.24) is 0 Å². The second kappa shape index (κ2) is 3.41. The van der Waals surface area contributed by atoms with Gasteiger partial charge in [-0.3, -0.25) is 4.79 Å². The number of carbonyl (C=O) groups is 1. The number of ketones is 1. The van der Waals surface area contributed by atoms with Gasteiger partial charge < -0.3 is 0 Å². The molecule has 74 valence electrons. The molecule has 2 rings (SSSR count). The number of fused-ring (bicyclic) bond motifs is 1. The van der Waals surface area contributed by atoms with E-state index < -0.39 is 5.41 Å². The largest absolute Gasteiger partial charge is 0.294 e. The summed E-state index contributed by atoms with van der Waals surface area (Å²) in [6.45, 7) is 0. The predicted molar refractivity (Wildman–Crippen MR) is 56.5 cm³/mol. The van der Waals surface area contributed by atoms with Crippen LogP contribution in [-0.2, 0) is 4.79 Å². The van der Waals surface area contributed by atoms with Crippen LogP contribution in [0.15, 0.2) is 23.3 Å². The first-order chi connectivity index (χ1) is 7.20. The fraction of sp³-hybridized carbons (Fsp3) is 0.385. The third-order valence-corrected chi connectivity index (χ3v) is 3.11. The van der Waals surface area contributed by atoms with Crippen LogP contribution in [0.4, 0.5) is 0 Å². The van der Waals surface area contributed by atoms with Gasteiger partial charge in [0.1, 0.15) is 0 Å². The average molecular weight is 197 g/mol. The van der Waals surface area contributed by atoms with Crippen molar-refractivity contribution in [2.75, 3.05) is 0 Å². The van der Waals surface area contributed by atoms with Crippen molar-refractivity contribution >= 4 is 5.78 Å². The van der Waals surface area contributed by atoms with Gasteiger partial charge in [0.05, 0.1) is 11.5 Å². The fourth-order valence-corrected chi connectivity index (χ4v) is 2.37. The van der Waals surface area contributed by atoms with E-state index in [9.17, 15) is 4.79 Å². The van der Waals surface area contributed by atoms with Gasteiger partial charge in [0.2, 0.25) is 0 Å². The first-order valence-electron chi connectivity index (χ1n) is 5.04. The maximum Gasteiger partial charge on any atom is 0.160 e. The molecule has 0 N–H and O–H groups in total. The van der Waals surface area contributed by atoms with Gasteiger partial charge in [-0.05, 0) is 37.0 Å². The van der Waals surface area contributed by atoms with Crippen molar-refractivity contribution in [1.29, 1.82) is 5.26 Å². The number of hydrogen-bond donors (Lipinski definition) is 0. The van der Waals surface area contributed by atoms with E-state index in [4.69, 9.17) is 11.7 Å². The zero-order valence-electron chi connectivity index (χ0n) is 8.42. The quantitative estimate of drug-likeness (QED) is 0.558. The molecule has 1 saturated carbocycles. The van der Waals surface area contributed by atoms with Crippen LogP contribution in [0.1, 0.15) is 25.7 Å². The van der Waals surface area contributed by atoms with E-state index in [2.05, 4.69) is 12.0 Å². The number of nitrogens with zero attached hydrogens (tertiary/aromatic N) is 1. The zero-order valence-corrected chi connectivity index (χ0v) is 8.42. The van der Waals surface area contributed by atoms with E-state index >= 15 is 0 Å². The van der Waals surface area contributed by atoms with Gasteiger partial charge in [-0.15, -0.1) is 6.42 Å². The molecule has 2 aliphatic carbocycles. The Morgan fingerprint density at radius 2 is 2.33 bits per heavy atom. The van der Waals surface area contributed by atoms with Crippen LogP contribution in [0.3, 0.4) is 0 Å². The third-order valence-electron chi connectivity index (χ3n) is 3.11. The maximum atomic E-state index is 11.5. The standard InChI is InChI=1S/C13H11NO/c1-2-13-5-3-4-11(13)7-12(15)6-10(8-13)9-14/h1,7-8H,3-6H2. The van der Waals surface area contributed by atoms with Crippen molar-refractivity contribution in [2.45, 2.75) is 25.7 Å². The highest BCUT2D eigenvalue weighted by molar-refractivity contribution is 5.94. The Morgan fingerprint density at radius 1 is 1.53 bits per heavy atom. The van der Waals surface area contributed by atoms with Gasteiger partial charge in [-0.1, -0.05) is 5.92 Å². The lowest BCUT2D eigenvalue weighted by molar-refractivity contribution is -0.113. The highest BCUT2D eigenvalue weighted by Crippen LogP contribution is 2.45. The van der Waals surface area contributed by atoms with E-state index in [0.717, 1.165) is 24.8 Å². The first-order valence-corrected chi connectivity index (χ1v) is 5.04. The molecule has 0 aromatic carbocycles. The van der Waals surface area contributed by atoms with Gasteiger partial charge in [0.25, 0.3) is 0 Å². The molecule has 0 radical (unpaired) electrons. The van der Waals surface area contributed by atoms with Gasteiger partial charge in [0.15, 0.2) is 5.78 Å². The summed E-state index contributed by atoms with van der Waals surface area (Å²) < 4.78 is 0. The molecule has 0 bridgehead atoms.